The summed E-state index contributed by atoms with van der Waals surface area (Å²) in [5, 5.41) is 5.82. The number of rotatable bonds is 3. The van der Waals surface area contributed by atoms with Crippen molar-refractivity contribution in [1.82, 2.24) is 10.1 Å². The van der Waals surface area contributed by atoms with Crippen molar-refractivity contribution in [3.8, 4) is 0 Å². The Balaban J connectivity index is 2.25. The summed E-state index contributed by atoms with van der Waals surface area (Å²) in [5.41, 5.74) is 1.85. The molecule has 4 N–H and O–H groups in total. The lowest BCUT2D eigenvalue weighted by atomic mass is 10.2. The van der Waals surface area contributed by atoms with Crippen LogP contribution < -0.4 is 16.6 Å². The molecule has 0 aliphatic heterocycles. The van der Waals surface area contributed by atoms with Crippen molar-refractivity contribution in [2.75, 3.05) is 10.7 Å². The van der Waals surface area contributed by atoms with Gasteiger partial charge in [0.2, 0.25) is 0 Å². The third-order valence-corrected chi connectivity index (χ3v) is 1.95. The van der Waals surface area contributed by atoms with Crippen molar-refractivity contribution >= 4 is 17.5 Å². The van der Waals surface area contributed by atoms with Gasteiger partial charge in [-0.2, -0.15) is 0 Å². The molecule has 2 rings (SSSR count). The molecule has 1 amide bonds. The number of halogens is 1. The first-order chi connectivity index (χ1) is 8.22. The van der Waals surface area contributed by atoms with E-state index in [0.717, 1.165) is 0 Å². The molecule has 8 heteroatoms. The SMILES string of the molecule is NNc1nccc(C(=O)Nc2ccon2)c1F. The summed E-state index contributed by atoms with van der Waals surface area (Å²) in [5.74, 6) is 3.51. The fraction of sp³-hybridized carbons (Fsp3) is 0. The number of nitrogens with zero attached hydrogens (tertiary/aromatic N) is 2. The summed E-state index contributed by atoms with van der Waals surface area (Å²) in [4.78, 5) is 15.3. The first-order valence-electron chi connectivity index (χ1n) is 4.55. The van der Waals surface area contributed by atoms with Crippen LogP contribution in [0.4, 0.5) is 16.0 Å². The topological polar surface area (TPSA) is 106 Å². The van der Waals surface area contributed by atoms with E-state index in [2.05, 4.69) is 20.0 Å². The number of aromatic nitrogens is 2. The first kappa shape index (κ1) is 11.0. The van der Waals surface area contributed by atoms with Gasteiger partial charge in [-0.1, -0.05) is 5.16 Å². The number of carbonyl (C=O) groups is 1. The number of hydrogen-bond donors (Lipinski definition) is 3. The number of nitrogens with two attached hydrogens (primary N) is 1. The molecule has 0 unspecified atom stereocenters. The summed E-state index contributed by atoms with van der Waals surface area (Å²) < 4.78 is 18.2. The van der Waals surface area contributed by atoms with Crippen LogP contribution in [0.5, 0.6) is 0 Å². The Hall–Kier alpha value is -2.48. The lowest BCUT2D eigenvalue weighted by molar-refractivity contribution is 0.102. The van der Waals surface area contributed by atoms with Gasteiger partial charge in [0.05, 0.1) is 5.56 Å². The van der Waals surface area contributed by atoms with Crippen molar-refractivity contribution < 1.29 is 13.7 Å². The molecule has 0 bridgehead atoms. The van der Waals surface area contributed by atoms with E-state index in [1.165, 1.54) is 24.6 Å². The highest BCUT2D eigenvalue weighted by molar-refractivity contribution is 6.04. The maximum Gasteiger partial charge on any atom is 0.260 e. The van der Waals surface area contributed by atoms with Gasteiger partial charge < -0.3 is 15.3 Å². The van der Waals surface area contributed by atoms with Gasteiger partial charge >= 0.3 is 0 Å². The highest BCUT2D eigenvalue weighted by atomic mass is 19.1. The molecule has 0 saturated carbocycles. The van der Waals surface area contributed by atoms with Crippen LogP contribution in [0.1, 0.15) is 10.4 Å². The zero-order valence-electron chi connectivity index (χ0n) is 8.48. The molecule has 7 nitrogen and oxygen atoms in total. The lowest BCUT2D eigenvalue weighted by Crippen LogP contribution is -2.17. The Morgan fingerprint density at radius 2 is 2.29 bits per heavy atom. The van der Waals surface area contributed by atoms with E-state index in [0.29, 0.717) is 0 Å². The third kappa shape index (κ3) is 2.21. The van der Waals surface area contributed by atoms with Crippen LogP contribution >= 0.6 is 0 Å². The monoisotopic (exact) mass is 237 g/mol. The number of hydrogen-bond acceptors (Lipinski definition) is 6. The van der Waals surface area contributed by atoms with Gasteiger partial charge in [0, 0.05) is 12.3 Å². The van der Waals surface area contributed by atoms with E-state index in [1.54, 1.807) is 0 Å². The molecule has 2 aromatic heterocycles. The normalized spacial score (nSPS) is 10.0. The number of amides is 1. The Bertz CT molecular complexity index is 528. The minimum atomic E-state index is -0.837. The summed E-state index contributed by atoms with van der Waals surface area (Å²) in [6.07, 6.45) is 2.54. The molecular weight excluding hydrogens is 229 g/mol. The molecule has 88 valence electrons. The summed E-state index contributed by atoms with van der Waals surface area (Å²) >= 11 is 0. The molecule has 2 heterocycles. The molecule has 0 spiro atoms. The Morgan fingerprint density at radius 3 is 2.94 bits per heavy atom. The maximum absolute atomic E-state index is 13.6. The van der Waals surface area contributed by atoms with E-state index in [4.69, 9.17) is 5.84 Å². The second-order valence-electron chi connectivity index (χ2n) is 3.00. The van der Waals surface area contributed by atoms with Crippen molar-refractivity contribution in [2.24, 2.45) is 5.84 Å². The van der Waals surface area contributed by atoms with E-state index < -0.39 is 11.7 Å². The summed E-state index contributed by atoms with van der Waals surface area (Å²) in [6.45, 7) is 0. The minimum absolute atomic E-state index is 0.188. The number of anilines is 2. The average molecular weight is 237 g/mol. The fourth-order valence-corrected chi connectivity index (χ4v) is 1.18. The lowest BCUT2D eigenvalue weighted by Gasteiger charge is -2.05. The Kier molecular flexibility index (Phi) is 2.97. The first-order valence-corrected chi connectivity index (χ1v) is 4.55. The predicted molar refractivity (Wildman–Crippen MR) is 56.5 cm³/mol. The average Bonchev–Trinajstić information content (AvgIpc) is 2.82. The van der Waals surface area contributed by atoms with Crippen LogP contribution in [0.2, 0.25) is 0 Å². The van der Waals surface area contributed by atoms with Crippen molar-refractivity contribution in [3.63, 3.8) is 0 Å². The number of nitrogens with one attached hydrogen (secondary N) is 2. The van der Waals surface area contributed by atoms with Gasteiger partial charge in [-0.3, -0.25) is 4.79 Å². The Labute approximate surface area is 94.8 Å². The van der Waals surface area contributed by atoms with Crippen LogP contribution in [0, 0.1) is 5.82 Å². The molecule has 0 saturated heterocycles. The van der Waals surface area contributed by atoms with E-state index in [9.17, 15) is 9.18 Å². The van der Waals surface area contributed by atoms with Gasteiger partial charge in [-0.15, -0.1) is 0 Å². The predicted octanol–water partition coefficient (Wildman–Crippen LogP) is 0.747. The van der Waals surface area contributed by atoms with Gasteiger partial charge in [0.15, 0.2) is 17.5 Å². The fourth-order valence-electron chi connectivity index (χ4n) is 1.18. The maximum atomic E-state index is 13.6. The van der Waals surface area contributed by atoms with E-state index >= 15 is 0 Å². The smallest absolute Gasteiger partial charge is 0.260 e. The van der Waals surface area contributed by atoms with Crippen molar-refractivity contribution in [1.29, 1.82) is 0 Å². The van der Waals surface area contributed by atoms with Crippen LogP contribution in [0.3, 0.4) is 0 Å². The van der Waals surface area contributed by atoms with Gasteiger partial charge in [0.25, 0.3) is 5.91 Å². The number of nitrogen functional groups attached to an aromatic ring is 1. The zero-order valence-corrected chi connectivity index (χ0v) is 8.48. The minimum Gasteiger partial charge on any atom is -0.363 e. The molecule has 0 aromatic carbocycles. The number of pyridine rings is 1. The van der Waals surface area contributed by atoms with Gasteiger partial charge in [-0.25, -0.2) is 15.2 Å². The molecule has 2 aromatic rings. The van der Waals surface area contributed by atoms with Crippen LogP contribution in [0.15, 0.2) is 29.1 Å². The molecule has 0 aliphatic rings. The molecular formula is C9H8FN5O2. The van der Waals surface area contributed by atoms with Crippen LogP contribution in [0.25, 0.3) is 0 Å². The van der Waals surface area contributed by atoms with E-state index in [-0.39, 0.29) is 17.2 Å². The quantitative estimate of drug-likeness (QED) is 0.537. The van der Waals surface area contributed by atoms with Crippen LogP contribution in [-0.2, 0) is 0 Å². The Morgan fingerprint density at radius 1 is 1.47 bits per heavy atom. The van der Waals surface area contributed by atoms with E-state index in [1.807, 2.05) is 5.43 Å². The number of carbonyl (C=O) groups excluding carboxylic acids is 1. The standard InChI is InChI=1S/C9H8FN5O2/c10-7-5(1-3-12-8(7)14-11)9(16)13-6-2-4-17-15-6/h1-4H,11H2,(H,12,14)(H,13,15,16). The summed E-state index contributed by atoms with van der Waals surface area (Å²) in [6, 6.07) is 2.66. The van der Waals surface area contributed by atoms with Crippen LogP contribution in [-0.4, -0.2) is 16.0 Å². The second-order valence-corrected chi connectivity index (χ2v) is 3.00. The van der Waals surface area contributed by atoms with Gasteiger partial charge in [-0.05, 0) is 6.07 Å². The zero-order chi connectivity index (χ0) is 12.3. The molecule has 0 radical (unpaired) electrons. The molecule has 0 fully saturated rings. The third-order valence-electron chi connectivity index (χ3n) is 1.95. The van der Waals surface area contributed by atoms with Gasteiger partial charge in [0.1, 0.15) is 6.26 Å². The molecule has 0 atom stereocenters. The highest BCUT2D eigenvalue weighted by Crippen LogP contribution is 2.15. The van der Waals surface area contributed by atoms with Crippen molar-refractivity contribution in [3.05, 3.63) is 36.0 Å². The number of hydrazine groups is 1. The summed E-state index contributed by atoms with van der Waals surface area (Å²) in [7, 11) is 0. The second kappa shape index (κ2) is 4.58. The largest absolute Gasteiger partial charge is 0.363 e. The molecule has 0 aliphatic carbocycles. The highest BCUT2D eigenvalue weighted by Gasteiger charge is 2.16. The van der Waals surface area contributed by atoms with Crippen molar-refractivity contribution in [2.45, 2.75) is 0 Å². The molecule has 17 heavy (non-hydrogen) atoms.